The summed E-state index contributed by atoms with van der Waals surface area (Å²) in [4.78, 5) is 4.52. The van der Waals surface area contributed by atoms with Crippen molar-refractivity contribution >= 4 is 22.6 Å². The lowest BCUT2D eigenvalue weighted by Gasteiger charge is -2.17. The standard InChI is InChI=1S/C12H13N3S/c1-9-6-7-16-12(14-9)15-11-4-2-10(8-13)3-5-11/h2-5,9H,6-7H2,1H3,(H,14,15). The summed E-state index contributed by atoms with van der Waals surface area (Å²) in [5.74, 6) is 1.11. The number of nitriles is 1. The first-order chi connectivity index (χ1) is 7.78. The summed E-state index contributed by atoms with van der Waals surface area (Å²) in [7, 11) is 0. The molecule has 0 spiro atoms. The fourth-order valence-corrected chi connectivity index (χ4v) is 2.54. The number of nitrogens with zero attached hydrogens (tertiary/aromatic N) is 2. The molecule has 2 rings (SSSR count). The van der Waals surface area contributed by atoms with Gasteiger partial charge in [0.05, 0.1) is 17.7 Å². The highest BCUT2D eigenvalue weighted by Gasteiger charge is 2.11. The monoisotopic (exact) mass is 231 g/mol. The summed E-state index contributed by atoms with van der Waals surface area (Å²) in [5, 5.41) is 12.9. The Morgan fingerprint density at radius 1 is 1.44 bits per heavy atom. The first-order valence-electron chi connectivity index (χ1n) is 5.26. The van der Waals surface area contributed by atoms with Crippen LogP contribution in [-0.2, 0) is 0 Å². The van der Waals surface area contributed by atoms with Gasteiger partial charge in [-0.2, -0.15) is 5.26 Å². The van der Waals surface area contributed by atoms with Gasteiger partial charge in [0.1, 0.15) is 0 Å². The molecule has 1 atom stereocenters. The number of amidine groups is 1. The van der Waals surface area contributed by atoms with Crippen molar-refractivity contribution in [3.05, 3.63) is 29.8 Å². The minimum absolute atomic E-state index is 0.405. The molecule has 0 saturated heterocycles. The quantitative estimate of drug-likeness (QED) is 0.808. The van der Waals surface area contributed by atoms with E-state index in [0.29, 0.717) is 11.6 Å². The number of thioether (sulfide) groups is 1. The van der Waals surface area contributed by atoms with Crippen LogP contribution in [0.15, 0.2) is 29.3 Å². The number of nitrogens with one attached hydrogen (secondary N) is 1. The molecule has 1 unspecified atom stereocenters. The van der Waals surface area contributed by atoms with Gasteiger partial charge in [-0.1, -0.05) is 11.8 Å². The highest BCUT2D eigenvalue weighted by molar-refractivity contribution is 8.14. The Kier molecular flexibility index (Phi) is 3.47. The van der Waals surface area contributed by atoms with Gasteiger partial charge >= 0.3 is 0 Å². The first-order valence-corrected chi connectivity index (χ1v) is 6.24. The fourth-order valence-electron chi connectivity index (χ4n) is 1.45. The molecule has 0 saturated carbocycles. The number of rotatable bonds is 1. The Morgan fingerprint density at radius 3 is 2.81 bits per heavy atom. The van der Waals surface area contributed by atoms with Gasteiger partial charge in [-0.25, -0.2) is 0 Å². The number of benzene rings is 1. The number of hydrogen-bond donors (Lipinski definition) is 1. The predicted molar refractivity (Wildman–Crippen MR) is 68.8 cm³/mol. The SMILES string of the molecule is CC1CCSC(Nc2ccc(C#N)cc2)=N1. The molecule has 0 fully saturated rings. The molecule has 4 heteroatoms. The summed E-state index contributed by atoms with van der Waals surface area (Å²) in [6.07, 6.45) is 1.14. The summed E-state index contributed by atoms with van der Waals surface area (Å²) < 4.78 is 0. The van der Waals surface area contributed by atoms with E-state index in [0.717, 1.165) is 23.0 Å². The summed E-state index contributed by atoms with van der Waals surface area (Å²) in [6.45, 7) is 2.13. The zero-order chi connectivity index (χ0) is 11.4. The number of anilines is 1. The maximum atomic E-state index is 8.69. The summed E-state index contributed by atoms with van der Waals surface area (Å²) in [6, 6.07) is 9.92. The van der Waals surface area contributed by atoms with Gasteiger partial charge < -0.3 is 5.32 Å². The van der Waals surface area contributed by atoms with Crippen LogP contribution in [-0.4, -0.2) is 17.0 Å². The third kappa shape index (κ3) is 2.77. The molecule has 0 amide bonds. The van der Waals surface area contributed by atoms with Gasteiger partial charge in [-0.15, -0.1) is 0 Å². The van der Waals surface area contributed by atoms with E-state index < -0.39 is 0 Å². The smallest absolute Gasteiger partial charge is 0.161 e. The van der Waals surface area contributed by atoms with Crippen molar-refractivity contribution in [2.24, 2.45) is 4.99 Å². The average Bonchev–Trinajstić information content (AvgIpc) is 2.30. The average molecular weight is 231 g/mol. The second kappa shape index (κ2) is 5.04. The highest BCUT2D eigenvalue weighted by Crippen LogP contribution is 2.19. The molecule has 1 aromatic rings. The van der Waals surface area contributed by atoms with E-state index in [4.69, 9.17) is 5.26 Å². The Balaban J connectivity index is 2.06. The van der Waals surface area contributed by atoms with Crippen LogP contribution < -0.4 is 5.32 Å². The minimum atomic E-state index is 0.405. The van der Waals surface area contributed by atoms with Crippen LogP contribution >= 0.6 is 11.8 Å². The molecule has 1 aliphatic rings. The summed E-state index contributed by atoms with van der Waals surface area (Å²) >= 11 is 1.75. The first kappa shape index (κ1) is 11.0. The molecule has 1 aromatic carbocycles. The zero-order valence-corrected chi connectivity index (χ0v) is 9.92. The van der Waals surface area contributed by atoms with E-state index in [1.807, 2.05) is 12.1 Å². The van der Waals surface area contributed by atoms with Crippen molar-refractivity contribution in [1.29, 1.82) is 5.26 Å². The Morgan fingerprint density at radius 2 is 2.19 bits per heavy atom. The molecule has 1 N–H and O–H groups in total. The molecular weight excluding hydrogens is 218 g/mol. The second-order valence-electron chi connectivity index (χ2n) is 3.73. The van der Waals surface area contributed by atoms with Crippen LogP contribution in [0.3, 0.4) is 0 Å². The fraction of sp³-hybridized carbons (Fsp3) is 0.333. The Hall–Kier alpha value is -1.47. The largest absolute Gasteiger partial charge is 0.335 e. The molecule has 1 aliphatic heterocycles. The third-order valence-corrected chi connectivity index (χ3v) is 3.30. The van der Waals surface area contributed by atoms with Crippen molar-refractivity contribution in [2.45, 2.75) is 19.4 Å². The van der Waals surface area contributed by atoms with Crippen molar-refractivity contribution < 1.29 is 0 Å². The van der Waals surface area contributed by atoms with E-state index in [9.17, 15) is 0 Å². The van der Waals surface area contributed by atoms with Crippen molar-refractivity contribution in [3.8, 4) is 6.07 Å². The van der Waals surface area contributed by atoms with Crippen LogP contribution in [0.4, 0.5) is 5.69 Å². The van der Waals surface area contributed by atoms with Gasteiger partial charge in [0.15, 0.2) is 5.17 Å². The molecule has 3 nitrogen and oxygen atoms in total. The van der Waals surface area contributed by atoms with Gasteiger partial charge in [0.2, 0.25) is 0 Å². The number of hydrogen-bond acceptors (Lipinski definition) is 4. The third-order valence-electron chi connectivity index (χ3n) is 2.38. The Bertz CT molecular complexity index is 431. The van der Waals surface area contributed by atoms with Crippen LogP contribution in [0, 0.1) is 11.3 Å². The molecule has 0 aromatic heterocycles. The van der Waals surface area contributed by atoms with E-state index in [1.54, 1.807) is 23.9 Å². The predicted octanol–water partition coefficient (Wildman–Crippen LogP) is 2.85. The molecule has 0 bridgehead atoms. The lowest BCUT2D eigenvalue weighted by Crippen LogP contribution is -2.17. The van der Waals surface area contributed by atoms with E-state index in [2.05, 4.69) is 23.3 Å². The van der Waals surface area contributed by atoms with Crippen LogP contribution in [0.2, 0.25) is 0 Å². The minimum Gasteiger partial charge on any atom is -0.335 e. The second-order valence-corrected chi connectivity index (χ2v) is 4.82. The maximum Gasteiger partial charge on any atom is 0.161 e. The highest BCUT2D eigenvalue weighted by atomic mass is 32.2. The maximum absolute atomic E-state index is 8.69. The molecular formula is C12H13N3S. The lowest BCUT2D eigenvalue weighted by molar-refractivity contribution is 0.720. The van der Waals surface area contributed by atoms with Gasteiger partial charge in [-0.3, -0.25) is 4.99 Å². The van der Waals surface area contributed by atoms with Gasteiger partial charge in [-0.05, 0) is 37.6 Å². The van der Waals surface area contributed by atoms with Crippen molar-refractivity contribution in [1.82, 2.24) is 0 Å². The van der Waals surface area contributed by atoms with Crippen molar-refractivity contribution in [3.63, 3.8) is 0 Å². The van der Waals surface area contributed by atoms with E-state index >= 15 is 0 Å². The zero-order valence-electron chi connectivity index (χ0n) is 9.10. The summed E-state index contributed by atoms with van der Waals surface area (Å²) in [5.41, 5.74) is 1.66. The molecule has 1 heterocycles. The van der Waals surface area contributed by atoms with Gasteiger partial charge in [0, 0.05) is 11.4 Å². The normalized spacial score (nSPS) is 19.8. The topological polar surface area (TPSA) is 48.2 Å². The van der Waals surface area contributed by atoms with Gasteiger partial charge in [0.25, 0.3) is 0 Å². The van der Waals surface area contributed by atoms with E-state index in [-0.39, 0.29) is 0 Å². The Labute approximate surface area is 99.6 Å². The molecule has 16 heavy (non-hydrogen) atoms. The molecule has 0 aliphatic carbocycles. The lowest BCUT2D eigenvalue weighted by atomic mass is 10.2. The van der Waals surface area contributed by atoms with E-state index in [1.165, 1.54) is 0 Å². The van der Waals surface area contributed by atoms with Crippen LogP contribution in [0.5, 0.6) is 0 Å². The van der Waals surface area contributed by atoms with Crippen LogP contribution in [0.1, 0.15) is 18.9 Å². The van der Waals surface area contributed by atoms with Crippen molar-refractivity contribution in [2.75, 3.05) is 11.1 Å². The van der Waals surface area contributed by atoms with Crippen LogP contribution in [0.25, 0.3) is 0 Å². The molecule has 82 valence electrons. The molecule has 0 radical (unpaired) electrons. The number of aliphatic imine (C=N–C) groups is 1.